The zero-order valence-electron chi connectivity index (χ0n) is 10.2. The summed E-state index contributed by atoms with van der Waals surface area (Å²) in [6.07, 6.45) is 1.32. The van der Waals surface area contributed by atoms with Crippen LogP contribution in [0.25, 0.3) is 0 Å². The minimum atomic E-state index is -1.10. The van der Waals surface area contributed by atoms with E-state index in [-0.39, 0.29) is 27.5 Å². The van der Waals surface area contributed by atoms with Crippen molar-refractivity contribution in [3.05, 3.63) is 27.2 Å². The first-order valence-electron chi connectivity index (χ1n) is 5.85. The van der Waals surface area contributed by atoms with Crippen LogP contribution in [-0.2, 0) is 11.2 Å². The quantitative estimate of drug-likeness (QED) is 0.927. The third-order valence-corrected chi connectivity index (χ3v) is 4.03. The fourth-order valence-electron chi connectivity index (χ4n) is 2.22. The van der Waals surface area contributed by atoms with Gasteiger partial charge in [0.2, 0.25) is 0 Å². The Bertz CT molecular complexity index is 554. The predicted molar refractivity (Wildman–Crippen MR) is 71.4 cm³/mol. The van der Waals surface area contributed by atoms with Crippen molar-refractivity contribution in [2.24, 2.45) is 5.92 Å². The monoisotopic (exact) mass is 302 g/mol. The van der Waals surface area contributed by atoms with Gasteiger partial charge in [0.05, 0.1) is 5.02 Å². The zero-order chi connectivity index (χ0) is 14.2. The fourth-order valence-corrected chi connectivity index (χ4v) is 2.73. The molecule has 0 amide bonds. The van der Waals surface area contributed by atoms with Crippen LogP contribution in [0.4, 0.5) is 0 Å². The van der Waals surface area contributed by atoms with Gasteiger partial charge < -0.3 is 9.84 Å². The summed E-state index contributed by atoms with van der Waals surface area (Å²) in [6, 6.07) is 1.61. The van der Waals surface area contributed by atoms with Crippen LogP contribution >= 0.6 is 23.2 Å². The number of hydrogen-bond donors (Lipinski definition) is 1. The van der Waals surface area contributed by atoms with Crippen molar-refractivity contribution in [1.82, 2.24) is 0 Å². The molecule has 0 bridgehead atoms. The maximum atomic E-state index is 12.1. The molecule has 0 heterocycles. The molecular formula is C13H12Cl2O4. The Balaban J connectivity index is 2.40. The van der Waals surface area contributed by atoms with E-state index in [1.165, 1.54) is 0 Å². The minimum absolute atomic E-state index is 0.00538. The third-order valence-electron chi connectivity index (χ3n) is 3.18. The van der Waals surface area contributed by atoms with E-state index >= 15 is 0 Å². The van der Waals surface area contributed by atoms with Gasteiger partial charge in [0.25, 0.3) is 0 Å². The lowest BCUT2D eigenvalue weighted by atomic mass is 10.0. The molecule has 0 fully saturated rings. The molecule has 0 saturated heterocycles. The molecule has 0 unspecified atom stereocenters. The first kappa shape index (κ1) is 14.2. The van der Waals surface area contributed by atoms with Crippen LogP contribution in [0.5, 0.6) is 5.75 Å². The summed E-state index contributed by atoms with van der Waals surface area (Å²) in [5, 5.41) is 8.84. The van der Waals surface area contributed by atoms with E-state index in [4.69, 9.17) is 33.0 Å². The van der Waals surface area contributed by atoms with E-state index < -0.39 is 12.6 Å². The molecule has 102 valence electrons. The van der Waals surface area contributed by atoms with Gasteiger partial charge in [-0.25, -0.2) is 4.79 Å². The Morgan fingerprint density at radius 2 is 2.16 bits per heavy atom. The smallest absolute Gasteiger partial charge is 0.341 e. The summed E-state index contributed by atoms with van der Waals surface area (Å²) in [5.74, 6) is -0.986. The Morgan fingerprint density at radius 3 is 2.74 bits per heavy atom. The van der Waals surface area contributed by atoms with Crippen molar-refractivity contribution in [3.8, 4) is 5.75 Å². The Morgan fingerprint density at radius 1 is 1.47 bits per heavy atom. The van der Waals surface area contributed by atoms with Gasteiger partial charge in [0.15, 0.2) is 12.4 Å². The number of Topliss-reactive ketones (excluding diaryl/α,β-unsaturated/α-hetero) is 1. The van der Waals surface area contributed by atoms with Gasteiger partial charge in [0, 0.05) is 11.5 Å². The highest BCUT2D eigenvalue weighted by Gasteiger charge is 2.33. The van der Waals surface area contributed by atoms with E-state index in [1.54, 1.807) is 6.07 Å². The maximum absolute atomic E-state index is 12.1. The molecule has 6 heteroatoms. The van der Waals surface area contributed by atoms with Gasteiger partial charge in [-0.1, -0.05) is 30.1 Å². The number of ketones is 1. The highest BCUT2D eigenvalue weighted by atomic mass is 35.5. The molecule has 1 N–H and O–H groups in total. The number of carbonyl (C=O) groups excluding carboxylic acids is 1. The van der Waals surface area contributed by atoms with Crippen molar-refractivity contribution < 1.29 is 19.4 Å². The number of aliphatic carboxylic acids is 1. The number of fused-ring (bicyclic) bond motifs is 1. The SMILES string of the molecule is CC[C@H]1Cc2cc(OCC(=O)O)c(Cl)c(Cl)c2C1=O. The second-order valence-electron chi connectivity index (χ2n) is 4.39. The largest absolute Gasteiger partial charge is 0.480 e. The summed E-state index contributed by atoms with van der Waals surface area (Å²) in [6.45, 7) is 1.44. The fraction of sp³-hybridized carbons (Fsp3) is 0.385. The second-order valence-corrected chi connectivity index (χ2v) is 5.15. The molecule has 0 aromatic heterocycles. The molecule has 4 nitrogen and oxygen atoms in total. The van der Waals surface area contributed by atoms with Crippen LogP contribution in [0.1, 0.15) is 29.3 Å². The van der Waals surface area contributed by atoms with Crippen molar-refractivity contribution in [3.63, 3.8) is 0 Å². The van der Waals surface area contributed by atoms with Gasteiger partial charge in [-0.05, 0) is 24.5 Å². The predicted octanol–water partition coefficient (Wildman–Crippen LogP) is 3.22. The molecule has 0 aliphatic heterocycles. The lowest BCUT2D eigenvalue weighted by Gasteiger charge is -2.10. The standard InChI is InChI=1S/C13H12Cl2O4/c1-2-6-3-7-4-8(19-5-9(16)17)11(14)12(15)10(7)13(6)18/h4,6H,2-3,5H2,1H3,(H,16,17)/t6-/m0/s1. The highest BCUT2D eigenvalue weighted by molar-refractivity contribution is 6.45. The lowest BCUT2D eigenvalue weighted by molar-refractivity contribution is -0.139. The Kier molecular flexibility index (Phi) is 4.02. The van der Waals surface area contributed by atoms with Crippen LogP contribution in [-0.4, -0.2) is 23.5 Å². The number of rotatable bonds is 4. The molecule has 1 aromatic carbocycles. The van der Waals surface area contributed by atoms with Gasteiger partial charge in [-0.15, -0.1) is 0 Å². The molecule has 0 spiro atoms. The van der Waals surface area contributed by atoms with Crippen LogP contribution in [0, 0.1) is 5.92 Å². The first-order valence-corrected chi connectivity index (χ1v) is 6.61. The number of ether oxygens (including phenoxy) is 1. The van der Waals surface area contributed by atoms with Crippen molar-refractivity contribution in [1.29, 1.82) is 0 Å². The van der Waals surface area contributed by atoms with Crippen molar-refractivity contribution >= 4 is 35.0 Å². The molecule has 0 saturated carbocycles. The van der Waals surface area contributed by atoms with E-state index in [1.807, 2.05) is 6.92 Å². The van der Waals surface area contributed by atoms with Gasteiger partial charge in [-0.3, -0.25) is 4.79 Å². The van der Waals surface area contributed by atoms with Crippen molar-refractivity contribution in [2.45, 2.75) is 19.8 Å². The van der Waals surface area contributed by atoms with E-state index in [2.05, 4.69) is 0 Å². The van der Waals surface area contributed by atoms with Gasteiger partial charge in [0.1, 0.15) is 10.8 Å². The van der Waals surface area contributed by atoms with Gasteiger partial charge >= 0.3 is 5.97 Å². The summed E-state index contributed by atoms with van der Waals surface area (Å²) in [7, 11) is 0. The normalized spacial score (nSPS) is 17.4. The molecule has 2 rings (SSSR count). The topological polar surface area (TPSA) is 63.6 Å². The van der Waals surface area contributed by atoms with Crippen LogP contribution in [0.2, 0.25) is 10.0 Å². The molecule has 1 atom stereocenters. The maximum Gasteiger partial charge on any atom is 0.341 e. The molecule has 0 radical (unpaired) electrons. The average Bonchev–Trinajstić information content (AvgIpc) is 2.68. The third kappa shape index (κ3) is 2.55. The summed E-state index contributed by atoms with van der Waals surface area (Å²) in [5.41, 5.74) is 1.22. The van der Waals surface area contributed by atoms with E-state index in [0.29, 0.717) is 12.0 Å². The lowest BCUT2D eigenvalue weighted by Crippen LogP contribution is -2.10. The van der Waals surface area contributed by atoms with Crippen LogP contribution < -0.4 is 4.74 Å². The van der Waals surface area contributed by atoms with Crippen LogP contribution in [0.15, 0.2) is 6.07 Å². The number of hydrogen-bond acceptors (Lipinski definition) is 3. The van der Waals surface area contributed by atoms with Crippen LogP contribution in [0.3, 0.4) is 0 Å². The minimum Gasteiger partial charge on any atom is -0.480 e. The number of carboxylic acids is 1. The molecule has 1 aliphatic rings. The Labute approximate surface area is 120 Å². The average molecular weight is 303 g/mol. The number of halogens is 2. The summed E-state index contributed by atoms with van der Waals surface area (Å²) < 4.78 is 5.08. The first-order chi connectivity index (χ1) is 8.95. The molecular weight excluding hydrogens is 291 g/mol. The summed E-state index contributed by atoms with van der Waals surface area (Å²) >= 11 is 12.1. The van der Waals surface area contributed by atoms with E-state index in [9.17, 15) is 9.59 Å². The van der Waals surface area contributed by atoms with Gasteiger partial charge in [-0.2, -0.15) is 0 Å². The zero-order valence-corrected chi connectivity index (χ0v) is 11.7. The number of carboxylic acid groups (broad SMARTS) is 1. The van der Waals surface area contributed by atoms with Crippen molar-refractivity contribution in [2.75, 3.05) is 6.61 Å². The summed E-state index contributed by atoms with van der Waals surface area (Å²) in [4.78, 5) is 22.6. The highest BCUT2D eigenvalue weighted by Crippen LogP contribution is 2.42. The molecule has 1 aromatic rings. The second kappa shape index (κ2) is 5.39. The molecule has 19 heavy (non-hydrogen) atoms. The molecule has 1 aliphatic carbocycles. The number of benzene rings is 1. The van der Waals surface area contributed by atoms with E-state index in [0.717, 1.165) is 12.0 Å². The number of carbonyl (C=O) groups is 2. The Hall–Kier alpha value is -1.26.